The van der Waals surface area contributed by atoms with Crippen LogP contribution in [0.25, 0.3) is 10.2 Å². The van der Waals surface area contributed by atoms with Gasteiger partial charge in [0.1, 0.15) is 11.4 Å². The van der Waals surface area contributed by atoms with Crippen LogP contribution in [0, 0.1) is 5.92 Å². The van der Waals surface area contributed by atoms with E-state index in [4.69, 9.17) is 5.73 Å². The molecule has 1 amide bonds. The van der Waals surface area contributed by atoms with E-state index in [2.05, 4.69) is 4.98 Å². The van der Waals surface area contributed by atoms with Crippen molar-refractivity contribution in [1.82, 2.24) is 14.5 Å². The summed E-state index contributed by atoms with van der Waals surface area (Å²) in [6.45, 7) is 3.34. The predicted molar refractivity (Wildman–Crippen MR) is 89.5 cm³/mol. The molecule has 0 bridgehead atoms. The van der Waals surface area contributed by atoms with Crippen molar-refractivity contribution in [3.8, 4) is 0 Å². The molecule has 0 aliphatic carbocycles. The molecule has 0 saturated carbocycles. The average Bonchev–Trinajstić information content (AvgIpc) is 3.08. The number of halogens is 1. The highest BCUT2D eigenvalue weighted by Gasteiger charge is 2.31. The Labute approximate surface area is 138 Å². The van der Waals surface area contributed by atoms with Crippen LogP contribution in [0.2, 0.25) is 0 Å². The van der Waals surface area contributed by atoms with Crippen molar-refractivity contribution in [3.63, 3.8) is 0 Å². The highest BCUT2D eigenvalue weighted by atomic mass is 35.5. The third-order valence-electron chi connectivity index (χ3n) is 4.07. The topological polar surface area (TPSA) is 81.2 Å². The van der Waals surface area contributed by atoms with E-state index in [1.165, 1.54) is 22.2 Å². The van der Waals surface area contributed by atoms with E-state index >= 15 is 0 Å². The van der Waals surface area contributed by atoms with Gasteiger partial charge in [0, 0.05) is 12.6 Å². The molecule has 2 aromatic rings. The molecule has 0 radical (unpaired) electrons. The Morgan fingerprint density at radius 3 is 3.00 bits per heavy atom. The summed E-state index contributed by atoms with van der Waals surface area (Å²) >= 11 is 1.42. The normalized spacial score (nSPS) is 21.1. The van der Waals surface area contributed by atoms with Crippen molar-refractivity contribution < 1.29 is 4.79 Å². The van der Waals surface area contributed by atoms with Crippen LogP contribution in [0.3, 0.4) is 0 Å². The van der Waals surface area contributed by atoms with Gasteiger partial charge < -0.3 is 10.6 Å². The summed E-state index contributed by atoms with van der Waals surface area (Å²) in [4.78, 5) is 31.4. The largest absolute Gasteiger partial charge is 0.338 e. The fourth-order valence-corrected chi connectivity index (χ4v) is 3.63. The fraction of sp³-hybridized carbons (Fsp3) is 0.500. The van der Waals surface area contributed by atoms with Crippen molar-refractivity contribution in [3.05, 3.63) is 28.1 Å². The SMILES string of the molecule is CC1CC(CN)CN1C(=O)Cn1cnc2sccc2c1=O.Cl. The van der Waals surface area contributed by atoms with Gasteiger partial charge >= 0.3 is 0 Å². The first-order valence-electron chi connectivity index (χ1n) is 7.02. The zero-order chi connectivity index (χ0) is 15.0. The second-order valence-corrected chi connectivity index (χ2v) is 6.44. The van der Waals surface area contributed by atoms with Crippen molar-refractivity contribution in [1.29, 1.82) is 0 Å². The van der Waals surface area contributed by atoms with E-state index in [-0.39, 0.29) is 36.5 Å². The van der Waals surface area contributed by atoms with Gasteiger partial charge in [0.25, 0.3) is 5.56 Å². The lowest BCUT2D eigenvalue weighted by Crippen LogP contribution is -2.38. The molecule has 2 aromatic heterocycles. The van der Waals surface area contributed by atoms with Crippen LogP contribution in [0.5, 0.6) is 0 Å². The van der Waals surface area contributed by atoms with Gasteiger partial charge in [-0.05, 0) is 37.3 Å². The summed E-state index contributed by atoms with van der Waals surface area (Å²) in [5.41, 5.74) is 5.53. The maximum Gasteiger partial charge on any atom is 0.262 e. The molecule has 1 fully saturated rings. The summed E-state index contributed by atoms with van der Waals surface area (Å²) < 4.78 is 1.39. The van der Waals surface area contributed by atoms with Crippen molar-refractivity contribution in [2.45, 2.75) is 25.9 Å². The molecule has 2 unspecified atom stereocenters. The average molecular weight is 343 g/mol. The van der Waals surface area contributed by atoms with Crippen LogP contribution in [0.4, 0.5) is 0 Å². The number of rotatable bonds is 3. The van der Waals surface area contributed by atoms with Gasteiger partial charge in [0.2, 0.25) is 5.91 Å². The molecule has 1 saturated heterocycles. The van der Waals surface area contributed by atoms with Crippen LogP contribution in [0.1, 0.15) is 13.3 Å². The Balaban J connectivity index is 0.00000176. The van der Waals surface area contributed by atoms with Gasteiger partial charge in [-0.3, -0.25) is 14.2 Å². The van der Waals surface area contributed by atoms with Gasteiger partial charge in [-0.15, -0.1) is 23.7 Å². The Morgan fingerprint density at radius 1 is 1.55 bits per heavy atom. The molecular weight excluding hydrogens is 324 g/mol. The number of nitrogens with zero attached hydrogens (tertiary/aromatic N) is 3. The third-order valence-corrected chi connectivity index (χ3v) is 4.89. The number of hydrogen-bond donors (Lipinski definition) is 1. The molecule has 2 atom stereocenters. The Morgan fingerprint density at radius 2 is 2.32 bits per heavy atom. The minimum Gasteiger partial charge on any atom is -0.338 e. The Kier molecular flexibility index (Phi) is 5.20. The first kappa shape index (κ1) is 16.9. The minimum absolute atomic E-state index is 0. The lowest BCUT2D eigenvalue weighted by Gasteiger charge is -2.21. The quantitative estimate of drug-likeness (QED) is 0.904. The van der Waals surface area contributed by atoms with Gasteiger partial charge in [0.05, 0.1) is 11.7 Å². The van der Waals surface area contributed by atoms with Crippen LogP contribution in [-0.4, -0.2) is 39.5 Å². The van der Waals surface area contributed by atoms with E-state index in [0.29, 0.717) is 29.2 Å². The number of hydrogen-bond acceptors (Lipinski definition) is 5. The van der Waals surface area contributed by atoms with Crippen molar-refractivity contribution in [2.75, 3.05) is 13.1 Å². The molecule has 2 N–H and O–H groups in total. The van der Waals surface area contributed by atoms with Crippen LogP contribution in [0.15, 0.2) is 22.6 Å². The molecule has 3 heterocycles. The molecule has 8 heteroatoms. The van der Waals surface area contributed by atoms with Gasteiger partial charge in [-0.1, -0.05) is 0 Å². The number of carbonyl (C=O) groups is 1. The van der Waals surface area contributed by atoms with Gasteiger partial charge in [0.15, 0.2) is 0 Å². The molecule has 0 aromatic carbocycles. The Hall–Kier alpha value is -1.44. The summed E-state index contributed by atoms with van der Waals surface area (Å²) in [6.07, 6.45) is 2.39. The number of carbonyl (C=O) groups excluding carboxylic acids is 1. The molecule has 3 rings (SSSR count). The molecular formula is C14H19ClN4O2S. The van der Waals surface area contributed by atoms with Crippen LogP contribution in [-0.2, 0) is 11.3 Å². The number of likely N-dealkylation sites (tertiary alicyclic amines) is 1. The smallest absolute Gasteiger partial charge is 0.262 e. The van der Waals surface area contributed by atoms with E-state index in [1.54, 1.807) is 6.07 Å². The van der Waals surface area contributed by atoms with Crippen molar-refractivity contribution >= 4 is 39.9 Å². The summed E-state index contributed by atoms with van der Waals surface area (Å²) in [7, 11) is 0. The zero-order valence-corrected chi connectivity index (χ0v) is 13.9. The summed E-state index contributed by atoms with van der Waals surface area (Å²) in [5.74, 6) is 0.315. The van der Waals surface area contributed by atoms with E-state index < -0.39 is 0 Å². The summed E-state index contributed by atoms with van der Waals surface area (Å²) in [5, 5.41) is 2.41. The van der Waals surface area contributed by atoms with E-state index in [9.17, 15) is 9.59 Å². The summed E-state index contributed by atoms with van der Waals surface area (Å²) in [6, 6.07) is 1.93. The standard InChI is InChI=1S/C14H18N4O2S.ClH/c1-9-4-10(5-15)6-18(9)12(19)7-17-8-16-13-11(14(17)20)2-3-21-13;/h2-3,8-10H,4-7,15H2,1H3;1H. The van der Waals surface area contributed by atoms with E-state index in [0.717, 1.165) is 6.42 Å². The number of fused-ring (bicyclic) bond motifs is 1. The maximum absolute atomic E-state index is 12.4. The van der Waals surface area contributed by atoms with Crippen LogP contribution < -0.4 is 11.3 Å². The zero-order valence-electron chi connectivity index (χ0n) is 12.3. The molecule has 22 heavy (non-hydrogen) atoms. The number of aromatic nitrogens is 2. The van der Waals surface area contributed by atoms with Crippen molar-refractivity contribution in [2.24, 2.45) is 11.7 Å². The molecule has 6 nitrogen and oxygen atoms in total. The number of nitrogens with two attached hydrogens (primary N) is 1. The lowest BCUT2D eigenvalue weighted by atomic mass is 10.1. The molecule has 0 spiro atoms. The second kappa shape index (κ2) is 6.76. The first-order chi connectivity index (χ1) is 10.1. The monoisotopic (exact) mass is 342 g/mol. The third kappa shape index (κ3) is 3.02. The lowest BCUT2D eigenvalue weighted by molar-refractivity contribution is -0.132. The maximum atomic E-state index is 12.4. The number of thiophene rings is 1. The predicted octanol–water partition coefficient (Wildman–Crippen LogP) is 1.08. The molecule has 1 aliphatic heterocycles. The molecule has 120 valence electrons. The highest BCUT2D eigenvalue weighted by molar-refractivity contribution is 7.16. The Bertz CT molecular complexity index is 729. The fourth-order valence-electron chi connectivity index (χ4n) is 2.90. The second-order valence-electron chi connectivity index (χ2n) is 5.55. The van der Waals surface area contributed by atoms with Gasteiger partial charge in [-0.25, -0.2) is 4.98 Å². The van der Waals surface area contributed by atoms with Crippen LogP contribution >= 0.6 is 23.7 Å². The molecule has 1 aliphatic rings. The number of amides is 1. The highest BCUT2D eigenvalue weighted by Crippen LogP contribution is 2.22. The first-order valence-corrected chi connectivity index (χ1v) is 7.90. The van der Waals surface area contributed by atoms with Gasteiger partial charge in [-0.2, -0.15) is 0 Å². The van der Waals surface area contributed by atoms with E-state index in [1.807, 2.05) is 17.2 Å². The minimum atomic E-state index is -0.156.